The summed E-state index contributed by atoms with van der Waals surface area (Å²) < 4.78 is 5.27. The van der Waals surface area contributed by atoms with E-state index in [0.29, 0.717) is 6.04 Å². The first kappa shape index (κ1) is 11.7. The van der Waals surface area contributed by atoms with E-state index >= 15 is 0 Å². The number of nitrogens with one attached hydrogen (secondary N) is 2. The van der Waals surface area contributed by atoms with Crippen molar-refractivity contribution in [3.63, 3.8) is 0 Å². The number of amides is 1. The standard InChI is InChI=1S/C12H22N2O2/c1-12(2,3)16-11(15)14-9-6-7-13-10(9)8-4-5-8/h8-10,13H,4-7H2,1-3H3,(H,14,15). The van der Waals surface area contributed by atoms with E-state index in [4.69, 9.17) is 4.74 Å². The van der Waals surface area contributed by atoms with Gasteiger partial charge in [-0.25, -0.2) is 4.79 Å². The van der Waals surface area contributed by atoms with E-state index in [-0.39, 0.29) is 12.1 Å². The maximum absolute atomic E-state index is 11.6. The van der Waals surface area contributed by atoms with Crippen LogP contribution in [0.25, 0.3) is 0 Å². The second-order valence-electron chi connectivity index (χ2n) is 5.86. The molecular formula is C12H22N2O2. The molecule has 0 spiro atoms. The molecule has 2 N–H and O–H groups in total. The molecule has 2 atom stereocenters. The average Bonchev–Trinajstić information content (AvgIpc) is 2.85. The molecule has 0 radical (unpaired) electrons. The topological polar surface area (TPSA) is 50.4 Å². The lowest BCUT2D eigenvalue weighted by Gasteiger charge is -2.24. The van der Waals surface area contributed by atoms with Crippen LogP contribution in [-0.2, 0) is 4.74 Å². The number of carbonyl (C=O) groups is 1. The van der Waals surface area contributed by atoms with Gasteiger partial charge in [0, 0.05) is 12.1 Å². The summed E-state index contributed by atoms with van der Waals surface area (Å²) in [6.07, 6.45) is 3.32. The first-order chi connectivity index (χ1) is 7.46. The van der Waals surface area contributed by atoms with Gasteiger partial charge in [-0.05, 0) is 52.5 Å². The summed E-state index contributed by atoms with van der Waals surface area (Å²) in [5.41, 5.74) is -0.412. The van der Waals surface area contributed by atoms with Crippen molar-refractivity contribution in [2.75, 3.05) is 6.54 Å². The lowest BCUT2D eigenvalue weighted by molar-refractivity contribution is 0.0498. The zero-order valence-electron chi connectivity index (χ0n) is 10.4. The second-order valence-corrected chi connectivity index (χ2v) is 5.86. The van der Waals surface area contributed by atoms with Crippen molar-refractivity contribution >= 4 is 6.09 Å². The maximum atomic E-state index is 11.6. The third-order valence-electron chi connectivity index (χ3n) is 3.10. The Bertz CT molecular complexity index is 269. The molecule has 16 heavy (non-hydrogen) atoms. The molecule has 0 aromatic rings. The Morgan fingerprint density at radius 3 is 2.56 bits per heavy atom. The molecule has 4 nitrogen and oxygen atoms in total. The number of ether oxygens (including phenoxy) is 1. The van der Waals surface area contributed by atoms with Gasteiger partial charge in [-0.2, -0.15) is 0 Å². The summed E-state index contributed by atoms with van der Waals surface area (Å²) in [5, 5.41) is 6.45. The second kappa shape index (κ2) is 4.24. The van der Waals surface area contributed by atoms with E-state index in [1.165, 1.54) is 12.8 Å². The SMILES string of the molecule is CC(C)(C)OC(=O)NC1CCNC1C1CC1. The summed E-state index contributed by atoms with van der Waals surface area (Å²) in [7, 11) is 0. The van der Waals surface area contributed by atoms with Crippen LogP contribution in [0.2, 0.25) is 0 Å². The van der Waals surface area contributed by atoms with Gasteiger partial charge < -0.3 is 15.4 Å². The minimum atomic E-state index is -0.412. The van der Waals surface area contributed by atoms with Gasteiger partial charge in [0.25, 0.3) is 0 Å². The molecule has 92 valence electrons. The van der Waals surface area contributed by atoms with Crippen molar-refractivity contribution in [3.05, 3.63) is 0 Å². The van der Waals surface area contributed by atoms with Crippen molar-refractivity contribution < 1.29 is 9.53 Å². The van der Waals surface area contributed by atoms with Gasteiger partial charge in [0.2, 0.25) is 0 Å². The summed E-state index contributed by atoms with van der Waals surface area (Å²) in [6, 6.07) is 0.717. The Hall–Kier alpha value is -0.770. The lowest BCUT2D eigenvalue weighted by atomic mass is 10.1. The van der Waals surface area contributed by atoms with E-state index in [2.05, 4.69) is 10.6 Å². The predicted molar refractivity (Wildman–Crippen MR) is 62.3 cm³/mol. The molecule has 2 aliphatic rings. The molecule has 4 heteroatoms. The van der Waals surface area contributed by atoms with Gasteiger partial charge >= 0.3 is 6.09 Å². The fourth-order valence-corrected chi connectivity index (χ4v) is 2.30. The average molecular weight is 226 g/mol. The smallest absolute Gasteiger partial charge is 0.407 e. The fraction of sp³-hybridized carbons (Fsp3) is 0.917. The van der Waals surface area contributed by atoms with E-state index in [1.807, 2.05) is 20.8 Å². The third-order valence-corrected chi connectivity index (χ3v) is 3.10. The van der Waals surface area contributed by atoms with Gasteiger partial charge in [-0.1, -0.05) is 0 Å². The zero-order chi connectivity index (χ0) is 11.8. The minimum absolute atomic E-state index is 0.252. The quantitative estimate of drug-likeness (QED) is 0.752. The van der Waals surface area contributed by atoms with Gasteiger partial charge in [-0.15, -0.1) is 0 Å². The molecule has 1 aliphatic heterocycles. The highest BCUT2D eigenvalue weighted by Crippen LogP contribution is 2.36. The van der Waals surface area contributed by atoms with Gasteiger partial charge in [0.05, 0.1) is 0 Å². The molecule has 0 aromatic carbocycles. The molecule has 2 fully saturated rings. The minimum Gasteiger partial charge on any atom is -0.444 e. The first-order valence-electron chi connectivity index (χ1n) is 6.18. The molecule has 1 heterocycles. The number of hydrogen-bond donors (Lipinski definition) is 2. The van der Waals surface area contributed by atoms with E-state index in [9.17, 15) is 4.79 Å². The Morgan fingerprint density at radius 1 is 1.31 bits per heavy atom. The predicted octanol–water partition coefficient (Wildman–Crippen LogP) is 1.65. The van der Waals surface area contributed by atoms with Crippen LogP contribution < -0.4 is 10.6 Å². The van der Waals surface area contributed by atoms with Crippen LogP contribution in [-0.4, -0.2) is 30.3 Å². The molecule has 2 unspecified atom stereocenters. The van der Waals surface area contributed by atoms with E-state index in [1.54, 1.807) is 0 Å². The van der Waals surface area contributed by atoms with Crippen LogP contribution in [0, 0.1) is 5.92 Å². The molecule has 1 aliphatic carbocycles. The van der Waals surface area contributed by atoms with Crippen molar-refractivity contribution in [1.82, 2.24) is 10.6 Å². The van der Waals surface area contributed by atoms with E-state index in [0.717, 1.165) is 18.9 Å². The van der Waals surface area contributed by atoms with Crippen LogP contribution in [0.5, 0.6) is 0 Å². The first-order valence-corrected chi connectivity index (χ1v) is 6.18. The monoisotopic (exact) mass is 226 g/mol. The van der Waals surface area contributed by atoms with Gasteiger partial charge in [-0.3, -0.25) is 0 Å². The van der Waals surface area contributed by atoms with Crippen LogP contribution in [0.4, 0.5) is 4.79 Å². The van der Waals surface area contributed by atoms with Crippen molar-refractivity contribution in [2.45, 2.75) is 57.7 Å². The highest BCUT2D eigenvalue weighted by molar-refractivity contribution is 5.68. The summed E-state index contributed by atoms with van der Waals surface area (Å²) in [4.78, 5) is 11.6. The molecule has 0 aromatic heterocycles. The number of hydrogen-bond acceptors (Lipinski definition) is 3. The number of rotatable bonds is 2. The molecular weight excluding hydrogens is 204 g/mol. The molecule has 0 bridgehead atoms. The normalized spacial score (nSPS) is 30.2. The van der Waals surface area contributed by atoms with Crippen LogP contribution in [0.1, 0.15) is 40.0 Å². The molecule has 2 rings (SSSR count). The molecule has 1 saturated heterocycles. The zero-order valence-corrected chi connectivity index (χ0v) is 10.4. The van der Waals surface area contributed by atoms with Gasteiger partial charge in [0.15, 0.2) is 0 Å². The molecule has 1 amide bonds. The summed E-state index contributed by atoms with van der Waals surface area (Å²) >= 11 is 0. The Kier molecular flexibility index (Phi) is 3.10. The highest BCUT2D eigenvalue weighted by atomic mass is 16.6. The van der Waals surface area contributed by atoms with E-state index < -0.39 is 5.60 Å². The van der Waals surface area contributed by atoms with Crippen LogP contribution in [0.3, 0.4) is 0 Å². The lowest BCUT2D eigenvalue weighted by Crippen LogP contribution is -2.46. The molecule has 1 saturated carbocycles. The summed E-state index contributed by atoms with van der Waals surface area (Å²) in [5.74, 6) is 0.766. The van der Waals surface area contributed by atoms with Crippen molar-refractivity contribution in [3.8, 4) is 0 Å². The van der Waals surface area contributed by atoms with Crippen LogP contribution in [0.15, 0.2) is 0 Å². The largest absolute Gasteiger partial charge is 0.444 e. The van der Waals surface area contributed by atoms with Crippen molar-refractivity contribution in [1.29, 1.82) is 0 Å². The Balaban J connectivity index is 1.81. The van der Waals surface area contributed by atoms with Crippen LogP contribution >= 0.6 is 0 Å². The van der Waals surface area contributed by atoms with Crippen molar-refractivity contribution in [2.24, 2.45) is 5.92 Å². The Morgan fingerprint density at radius 2 is 2.00 bits per heavy atom. The Labute approximate surface area is 97.1 Å². The number of alkyl carbamates (subject to hydrolysis) is 1. The highest BCUT2D eigenvalue weighted by Gasteiger charge is 2.40. The maximum Gasteiger partial charge on any atom is 0.407 e. The van der Waals surface area contributed by atoms with Gasteiger partial charge in [0.1, 0.15) is 5.60 Å². The summed E-state index contributed by atoms with van der Waals surface area (Å²) in [6.45, 7) is 6.66. The third kappa shape index (κ3) is 3.11. The number of carbonyl (C=O) groups excluding carboxylic acids is 1. The fourth-order valence-electron chi connectivity index (χ4n) is 2.30.